The maximum atomic E-state index is 12.0. The van der Waals surface area contributed by atoms with Gasteiger partial charge in [0.1, 0.15) is 11.0 Å². The highest BCUT2D eigenvalue weighted by atomic mass is 36.0. The first-order valence-corrected chi connectivity index (χ1v) is 19.1. The fourth-order valence-corrected chi connectivity index (χ4v) is 4.54. The molecule has 0 unspecified atom stereocenters. The van der Waals surface area contributed by atoms with Crippen molar-refractivity contribution in [3.63, 3.8) is 0 Å². The number of aromatic amines is 1. The van der Waals surface area contributed by atoms with Crippen LogP contribution in [0.5, 0.6) is 0 Å². The van der Waals surface area contributed by atoms with Crippen LogP contribution in [0.25, 0.3) is 44.6 Å². The molecule has 17 heteroatoms. The lowest BCUT2D eigenvalue weighted by Gasteiger charge is -2.04. The smallest absolute Gasteiger partial charge is 0.319 e. The van der Waals surface area contributed by atoms with E-state index < -0.39 is 5.20 Å². The molecule has 6 aromatic rings. The molecule has 6 heterocycles. The van der Waals surface area contributed by atoms with Crippen molar-refractivity contribution >= 4 is 95.9 Å². The van der Waals surface area contributed by atoms with Gasteiger partial charge in [-0.05, 0) is 82.6 Å². The minimum atomic E-state index is -3.22. The summed E-state index contributed by atoms with van der Waals surface area (Å²) in [6, 6.07) is 14.9. The molecule has 6 rings (SSSR count). The molecular formula is C26H19Cl4N8O2PS2. The van der Waals surface area contributed by atoms with Gasteiger partial charge in [-0.15, -0.1) is 0 Å². The SMILES string of the molecule is CSc1nccc(-c2cc3cccnc3c(=O)[nH]2)n1.CSc1nccc(-c2cc3cccnc3c(Cl)n2)n1.O=P(Cl)(Cl)Cl. The Morgan fingerprint density at radius 3 is 1.84 bits per heavy atom. The Hall–Kier alpha value is -2.83. The van der Waals surface area contributed by atoms with Gasteiger partial charge >= 0.3 is 5.20 Å². The lowest BCUT2D eigenvalue weighted by Crippen LogP contribution is -2.09. The number of nitrogens with one attached hydrogen (secondary N) is 1. The molecule has 0 atom stereocenters. The summed E-state index contributed by atoms with van der Waals surface area (Å²) in [5.74, 6) is 0. The second kappa shape index (κ2) is 15.3. The van der Waals surface area contributed by atoms with Crippen LogP contribution in [-0.4, -0.2) is 52.4 Å². The largest absolute Gasteiger partial charge is 0.339 e. The molecule has 0 spiro atoms. The first kappa shape index (κ1) is 33.1. The average molecular weight is 712 g/mol. The molecule has 10 nitrogen and oxygen atoms in total. The molecule has 43 heavy (non-hydrogen) atoms. The molecule has 0 aliphatic rings. The van der Waals surface area contributed by atoms with Gasteiger partial charge in [-0.1, -0.05) is 47.3 Å². The van der Waals surface area contributed by atoms with E-state index in [1.807, 2.05) is 48.9 Å². The Bertz CT molecular complexity index is 1990. The molecular weight excluding hydrogens is 693 g/mol. The van der Waals surface area contributed by atoms with Crippen molar-refractivity contribution in [2.75, 3.05) is 12.5 Å². The minimum absolute atomic E-state index is 0.211. The topological polar surface area (TPSA) is 140 Å². The van der Waals surface area contributed by atoms with E-state index in [1.165, 1.54) is 23.5 Å². The van der Waals surface area contributed by atoms with E-state index >= 15 is 0 Å². The van der Waals surface area contributed by atoms with Crippen molar-refractivity contribution < 1.29 is 4.57 Å². The molecule has 0 aromatic carbocycles. The fourth-order valence-electron chi connectivity index (χ4n) is 3.58. The molecule has 0 aliphatic carbocycles. The highest BCUT2D eigenvalue weighted by Gasteiger charge is 2.09. The average Bonchev–Trinajstić information content (AvgIpc) is 3.00. The number of H-pyrrole nitrogens is 1. The second-order valence-electron chi connectivity index (χ2n) is 8.08. The van der Waals surface area contributed by atoms with Gasteiger partial charge < -0.3 is 4.98 Å². The zero-order valence-corrected chi connectivity index (χ0v) is 27.7. The first-order chi connectivity index (χ1) is 20.6. The summed E-state index contributed by atoms with van der Waals surface area (Å²) < 4.78 is 9.51. The van der Waals surface area contributed by atoms with Crippen LogP contribution in [0.15, 0.2) is 88.4 Å². The standard InChI is InChI=1S/C13H9ClN4S.C13H10N4OS.Cl3OP/c1-19-13-16-6-4-9(18-13)10-7-8-3-2-5-15-11(8)12(14)17-10;1-19-13-15-6-4-9(17-13)10-7-8-3-2-5-14-11(8)12(18)16-10;1-5(2,3)4/h2-7H,1H3;2-7H,1H3,(H,16,18);. The highest BCUT2D eigenvalue weighted by Crippen LogP contribution is 2.61. The number of pyridine rings is 4. The van der Waals surface area contributed by atoms with Gasteiger partial charge in [0.2, 0.25) is 0 Å². The van der Waals surface area contributed by atoms with Crippen LogP contribution < -0.4 is 5.56 Å². The van der Waals surface area contributed by atoms with Crippen LogP contribution in [0.2, 0.25) is 5.15 Å². The molecule has 0 amide bonds. The number of rotatable bonds is 4. The normalized spacial score (nSPS) is 10.9. The number of nitrogens with zero attached hydrogens (tertiary/aromatic N) is 7. The summed E-state index contributed by atoms with van der Waals surface area (Å²) in [7, 11) is 0. The van der Waals surface area contributed by atoms with Crippen LogP contribution in [0.4, 0.5) is 0 Å². The molecule has 0 aliphatic heterocycles. The molecule has 0 saturated carbocycles. The van der Waals surface area contributed by atoms with Crippen LogP contribution in [-0.2, 0) is 4.57 Å². The van der Waals surface area contributed by atoms with Gasteiger partial charge in [0, 0.05) is 35.6 Å². The Morgan fingerprint density at radius 2 is 1.23 bits per heavy atom. The second-order valence-corrected chi connectivity index (χ2v) is 16.6. The third kappa shape index (κ3) is 9.58. The summed E-state index contributed by atoms with van der Waals surface area (Å²) in [6.07, 6.45) is 10.5. The van der Waals surface area contributed by atoms with Gasteiger partial charge in [-0.3, -0.25) is 19.3 Å². The van der Waals surface area contributed by atoms with Crippen LogP contribution in [0.1, 0.15) is 0 Å². The van der Waals surface area contributed by atoms with E-state index in [2.05, 4.69) is 73.6 Å². The van der Waals surface area contributed by atoms with E-state index in [0.717, 1.165) is 22.2 Å². The predicted octanol–water partition coefficient (Wildman–Crippen LogP) is 8.38. The van der Waals surface area contributed by atoms with Crippen molar-refractivity contribution in [1.82, 2.24) is 39.9 Å². The van der Waals surface area contributed by atoms with Crippen molar-refractivity contribution in [3.05, 3.63) is 88.8 Å². The fraction of sp³-hybridized carbons (Fsp3) is 0.0769. The summed E-state index contributed by atoms with van der Waals surface area (Å²) in [5.41, 5.74) is 3.77. The van der Waals surface area contributed by atoms with Gasteiger partial charge in [-0.25, -0.2) is 24.9 Å². The van der Waals surface area contributed by atoms with Gasteiger partial charge in [0.15, 0.2) is 15.5 Å². The summed E-state index contributed by atoms with van der Waals surface area (Å²) in [6.45, 7) is 0. The molecule has 0 bridgehead atoms. The Morgan fingerprint density at radius 1 is 0.698 bits per heavy atom. The monoisotopic (exact) mass is 710 g/mol. The van der Waals surface area contributed by atoms with E-state index in [9.17, 15) is 9.36 Å². The number of aromatic nitrogens is 8. The molecule has 0 fully saturated rings. The summed E-state index contributed by atoms with van der Waals surface area (Å²) in [4.78, 5) is 44.5. The van der Waals surface area contributed by atoms with E-state index in [1.54, 1.807) is 36.9 Å². The summed E-state index contributed by atoms with van der Waals surface area (Å²) >= 11 is 23.0. The third-order valence-electron chi connectivity index (χ3n) is 5.32. The van der Waals surface area contributed by atoms with Gasteiger partial charge in [0.05, 0.1) is 22.8 Å². The maximum absolute atomic E-state index is 12.0. The van der Waals surface area contributed by atoms with Gasteiger partial charge in [0.25, 0.3) is 5.56 Å². The predicted molar refractivity (Wildman–Crippen MR) is 178 cm³/mol. The van der Waals surface area contributed by atoms with Crippen molar-refractivity contribution in [1.29, 1.82) is 0 Å². The number of thioether (sulfide) groups is 2. The zero-order valence-electron chi connectivity index (χ0n) is 22.2. The van der Waals surface area contributed by atoms with E-state index in [-0.39, 0.29) is 5.56 Å². The number of hydrogen-bond donors (Lipinski definition) is 1. The molecule has 220 valence electrons. The highest BCUT2D eigenvalue weighted by molar-refractivity contribution is 8.24. The third-order valence-corrected chi connectivity index (χ3v) is 6.70. The van der Waals surface area contributed by atoms with Crippen molar-refractivity contribution in [2.45, 2.75) is 10.3 Å². The zero-order chi connectivity index (χ0) is 31.0. The van der Waals surface area contributed by atoms with E-state index in [0.29, 0.717) is 37.9 Å². The molecule has 0 saturated heterocycles. The Kier molecular flexibility index (Phi) is 11.7. The lowest BCUT2D eigenvalue weighted by atomic mass is 10.2. The maximum Gasteiger partial charge on any atom is 0.339 e. The summed E-state index contributed by atoms with van der Waals surface area (Å²) in [5, 5.41) is 0.288. The number of halogens is 4. The van der Waals surface area contributed by atoms with E-state index in [4.69, 9.17) is 11.6 Å². The van der Waals surface area contributed by atoms with Crippen molar-refractivity contribution in [2.24, 2.45) is 0 Å². The Labute approximate surface area is 273 Å². The number of fused-ring (bicyclic) bond motifs is 2. The first-order valence-electron chi connectivity index (χ1n) is 11.9. The Balaban J connectivity index is 0.000000171. The van der Waals surface area contributed by atoms with Crippen LogP contribution >= 0.6 is 74.0 Å². The van der Waals surface area contributed by atoms with Gasteiger partial charge in [-0.2, -0.15) is 0 Å². The van der Waals surface area contributed by atoms with Crippen LogP contribution in [0.3, 0.4) is 0 Å². The van der Waals surface area contributed by atoms with Crippen LogP contribution in [0, 0.1) is 0 Å². The lowest BCUT2D eigenvalue weighted by molar-refractivity contribution is 0.600. The molecule has 0 radical (unpaired) electrons. The van der Waals surface area contributed by atoms with Crippen molar-refractivity contribution in [3.8, 4) is 22.8 Å². The minimum Gasteiger partial charge on any atom is -0.319 e. The molecule has 1 N–H and O–H groups in total. The quantitative estimate of drug-likeness (QED) is 0.0816. The number of hydrogen-bond acceptors (Lipinski definition) is 11. The molecule has 6 aromatic heterocycles.